The number of fused-ring (bicyclic) bond motifs is 1. The number of carbonyl (C=O) groups excluding carboxylic acids is 3. The van der Waals surface area contributed by atoms with Crippen molar-refractivity contribution in [2.24, 2.45) is 29.6 Å². The number of aliphatic hydroxyl groups is 3. The average Bonchev–Trinajstić information content (AvgIpc) is 2.76. The van der Waals surface area contributed by atoms with E-state index in [0.29, 0.717) is 31.3 Å². The first-order valence-electron chi connectivity index (χ1n) is 12.1. The van der Waals surface area contributed by atoms with Crippen molar-refractivity contribution in [1.82, 2.24) is 0 Å². The van der Waals surface area contributed by atoms with Crippen LogP contribution < -0.4 is 0 Å². The molecule has 2 rings (SSSR count). The molecule has 0 aromatic carbocycles. The summed E-state index contributed by atoms with van der Waals surface area (Å²) >= 11 is 0. The van der Waals surface area contributed by atoms with Gasteiger partial charge in [-0.3, -0.25) is 14.4 Å². The van der Waals surface area contributed by atoms with Gasteiger partial charge in [0.1, 0.15) is 6.10 Å². The van der Waals surface area contributed by atoms with Crippen LogP contribution in [0.3, 0.4) is 0 Å². The van der Waals surface area contributed by atoms with E-state index in [1.807, 2.05) is 27.7 Å². The molecule has 33 heavy (non-hydrogen) atoms. The van der Waals surface area contributed by atoms with Gasteiger partial charge in [-0.25, -0.2) is 0 Å². The number of allylic oxidation sites excluding steroid dienone is 1. The van der Waals surface area contributed by atoms with E-state index in [1.54, 1.807) is 0 Å². The Kier molecular flexibility index (Phi) is 10.1. The molecule has 0 aliphatic heterocycles. The fraction of sp³-hybridized carbons (Fsp3) is 0.800. The van der Waals surface area contributed by atoms with Crippen LogP contribution in [0.5, 0.6) is 0 Å². The Morgan fingerprint density at radius 2 is 1.88 bits per heavy atom. The molecule has 0 aromatic heterocycles. The lowest BCUT2D eigenvalue weighted by Gasteiger charge is -2.47. The summed E-state index contributed by atoms with van der Waals surface area (Å²) in [5, 5.41) is 31.3. The first kappa shape index (κ1) is 27.5. The Hall–Kier alpha value is -1.77. The minimum atomic E-state index is -1.02. The fourth-order valence-corrected chi connectivity index (χ4v) is 5.06. The summed E-state index contributed by atoms with van der Waals surface area (Å²) < 4.78 is 10.5. The summed E-state index contributed by atoms with van der Waals surface area (Å²) in [5.41, 5.74) is 0.615. The molecule has 9 atom stereocenters. The molecule has 1 fully saturated rings. The predicted molar refractivity (Wildman–Crippen MR) is 121 cm³/mol. The van der Waals surface area contributed by atoms with Crippen LogP contribution in [0, 0.1) is 29.6 Å². The lowest BCUT2D eigenvalue weighted by Crippen LogP contribution is -2.50. The zero-order valence-electron chi connectivity index (χ0n) is 20.4. The SMILES string of the molecule is CCC(C)C(=O)OC1CC(C)C(O)C2=CC(=O)C(C)C(CCC(O)CC(O)CC(=O)OC)C21. The van der Waals surface area contributed by atoms with E-state index in [0.717, 1.165) is 0 Å². The summed E-state index contributed by atoms with van der Waals surface area (Å²) in [6, 6.07) is 0. The highest BCUT2D eigenvalue weighted by molar-refractivity contribution is 5.93. The van der Waals surface area contributed by atoms with Crippen molar-refractivity contribution in [3.63, 3.8) is 0 Å². The molecule has 9 unspecified atom stereocenters. The molecule has 0 bridgehead atoms. The monoisotopic (exact) mass is 468 g/mol. The molecule has 0 aromatic rings. The van der Waals surface area contributed by atoms with E-state index >= 15 is 0 Å². The second-order valence-corrected chi connectivity index (χ2v) is 9.87. The quantitative estimate of drug-likeness (QED) is 0.416. The van der Waals surface area contributed by atoms with Crippen molar-refractivity contribution in [2.75, 3.05) is 7.11 Å². The van der Waals surface area contributed by atoms with Gasteiger partial charge in [0.15, 0.2) is 5.78 Å². The number of ketones is 1. The lowest BCUT2D eigenvalue weighted by molar-refractivity contribution is -0.162. The van der Waals surface area contributed by atoms with Crippen LogP contribution in [0.1, 0.15) is 66.2 Å². The van der Waals surface area contributed by atoms with Gasteiger partial charge in [-0.15, -0.1) is 0 Å². The smallest absolute Gasteiger partial charge is 0.308 e. The molecule has 2 aliphatic carbocycles. The maximum atomic E-state index is 12.7. The fourth-order valence-electron chi connectivity index (χ4n) is 5.06. The van der Waals surface area contributed by atoms with Crippen LogP contribution in [0.4, 0.5) is 0 Å². The highest BCUT2D eigenvalue weighted by Gasteiger charge is 2.49. The van der Waals surface area contributed by atoms with Crippen molar-refractivity contribution < 1.29 is 39.2 Å². The first-order chi connectivity index (χ1) is 15.5. The summed E-state index contributed by atoms with van der Waals surface area (Å²) in [6.07, 6.45) is 0.165. The second-order valence-electron chi connectivity index (χ2n) is 9.87. The van der Waals surface area contributed by atoms with E-state index in [2.05, 4.69) is 4.74 Å². The number of hydrogen-bond donors (Lipinski definition) is 3. The van der Waals surface area contributed by atoms with E-state index in [-0.39, 0.29) is 54.2 Å². The molecule has 0 amide bonds. The second kappa shape index (κ2) is 12.1. The highest BCUT2D eigenvalue weighted by Crippen LogP contribution is 2.47. The van der Waals surface area contributed by atoms with Crippen LogP contribution in [0.15, 0.2) is 11.6 Å². The van der Waals surface area contributed by atoms with Gasteiger partial charge < -0.3 is 24.8 Å². The minimum Gasteiger partial charge on any atom is -0.469 e. The average molecular weight is 469 g/mol. The molecule has 8 heteroatoms. The van der Waals surface area contributed by atoms with Gasteiger partial charge in [-0.1, -0.05) is 27.7 Å². The Balaban J connectivity index is 2.17. The molecule has 1 saturated carbocycles. The Morgan fingerprint density at radius 1 is 1.21 bits per heavy atom. The van der Waals surface area contributed by atoms with E-state index in [9.17, 15) is 29.7 Å². The topological polar surface area (TPSA) is 130 Å². The van der Waals surface area contributed by atoms with Crippen LogP contribution in [0.25, 0.3) is 0 Å². The third-order valence-electron chi connectivity index (χ3n) is 7.42. The van der Waals surface area contributed by atoms with Crippen LogP contribution in [-0.2, 0) is 23.9 Å². The summed E-state index contributed by atoms with van der Waals surface area (Å²) in [5.74, 6) is -2.16. The zero-order valence-corrected chi connectivity index (χ0v) is 20.4. The number of carbonyl (C=O) groups is 3. The molecule has 2 aliphatic rings. The summed E-state index contributed by atoms with van der Waals surface area (Å²) in [6.45, 7) is 7.46. The highest BCUT2D eigenvalue weighted by atomic mass is 16.5. The molecule has 8 nitrogen and oxygen atoms in total. The maximum absolute atomic E-state index is 12.7. The van der Waals surface area contributed by atoms with Crippen molar-refractivity contribution in [1.29, 1.82) is 0 Å². The number of methoxy groups -OCH3 is 1. The number of hydrogen-bond acceptors (Lipinski definition) is 8. The Bertz CT molecular complexity index is 732. The largest absolute Gasteiger partial charge is 0.469 e. The Morgan fingerprint density at radius 3 is 2.48 bits per heavy atom. The lowest BCUT2D eigenvalue weighted by atomic mass is 9.61. The van der Waals surface area contributed by atoms with Gasteiger partial charge in [0.2, 0.25) is 0 Å². The minimum absolute atomic E-state index is 0.0175. The standard InChI is InChI=1S/C25H40O8/c1-6-13(2)25(31)33-21-9-14(3)24(30)19-12-20(28)15(4)18(23(19)21)8-7-16(26)10-17(27)11-22(29)32-5/h12-18,21,23-24,26-27,30H,6-11H2,1-5H3. The Labute approximate surface area is 196 Å². The van der Waals surface area contributed by atoms with Crippen molar-refractivity contribution in [2.45, 2.75) is 90.6 Å². The van der Waals surface area contributed by atoms with Crippen molar-refractivity contribution >= 4 is 17.7 Å². The molecule has 0 saturated heterocycles. The molecular weight excluding hydrogens is 428 g/mol. The third kappa shape index (κ3) is 6.87. The number of ether oxygens (including phenoxy) is 2. The van der Waals surface area contributed by atoms with Gasteiger partial charge in [0.25, 0.3) is 0 Å². The summed E-state index contributed by atoms with van der Waals surface area (Å²) in [4.78, 5) is 36.6. The zero-order chi connectivity index (χ0) is 24.9. The van der Waals surface area contributed by atoms with Crippen molar-refractivity contribution in [3.8, 4) is 0 Å². The van der Waals surface area contributed by atoms with Gasteiger partial charge in [-0.2, -0.15) is 0 Å². The molecule has 0 heterocycles. The van der Waals surface area contributed by atoms with Gasteiger partial charge >= 0.3 is 11.9 Å². The number of esters is 2. The summed E-state index contributed by atoms with van der Waals surface area (Å²) in [7, 11) is 1.24. The molecule has 0 radical (unpaired) electrons. The van der Waals surface area contributed by atoms with Crippen LogP contribution in [-0.4, -0.2) is 64.6 Å². The molecular formula is C25H40O8. The van der Waals surface area contributed by atoms with Crippen LogP contribution in [0.2, 0.25) is 0 Å². The number of rotatable bonds is 10. The predicted octanol–water partition coefficient (Wildman–Crippen LogP) is 2.18. The number of aliphatic hydroxyl groups excluding tert-OH is 3. The molecule has 3 N–H and O–H groups in total. The van der Waals surface area contributed by atoms with Crippen LogP contribution >= 0.6 is 0 Å². The van der Waals surface area contributed by atoms with E-state index < -0.39 is 30.4 Å². The van der Waals surface area contributed by atoms with Crippen molar-refractivity contribution in [3.05, 3.63) is 11.6 Å². The van der Waals surface area contributed by atoms with Gasteiger partial charge in [0, 0.05) is 11.8 Å². The van der Waals surface area contributed by atoms with Gasteiger partial charge in [-0.05, 0) is 55.6 Å². The molecule has 0 spiro atoms. The molecule has 188 valence electrons. The normalized spacial score (nSPS) is 32.2. The van der Waals surface area contributed by atoms with Gasteiger partial charge in [0.05, 0.1) is 37.8 Å². The first-order valence-corrected chi connectivity index (χ1v) is 12.1. The van der Waals surface area contributed by atoms with E-state index in [1.165, 1.54) is 13.2 Å². The third-order valence-corrected chi connectivity index (χ3v) is 7.42. The van der Waals surface area contributed by atoms with E-state index in [4.69, 9.17) is 4.74 Å². The maximum Gasteiger partial charge on any atom is 0.308 e.